The summed E-state index contributed by atoms with van der Waals surface area (Å²) >= 11 is 0. The SMILES string of the molecule is CCCCCCCC/C=C\CCCCCCCCCC(=O)NC(COP(=O)(O)OCC[N+](C)(C)C)C(O)C(O)CCCCCCCCCCCCCC. The Balaban J connectivity index is 4.49. The molecule has 10 heteroatoms. The first kappa shape index (κ1) is 52.2. The van der Waals surface area contributed by atoms with Crippen LogP contribution in [0.25, 0.3) is 0 Å². The number of rotatable bonds is 40. The normalized spacial score (nSPS) is 15.1. The molecule has 0 fully saturated rings. The minimum atomic E-state index is -4.41. The summed E-state index contributed by atoms with van der Waals surface area (Å²) in [5, 5.41) is 24.6. The van der Waals surface area contributed by atoms with Crippen LogP contribution in [0.2, 0.25) is 0 Å². The van der Waals surface area contributed by atoms with Gasteiger partial charge in [-0.25, -0.2) is 4.57 Å². The monoisotopic (exact) mass is 776 g/mol. The van der Waals surface area contributed by atoms with E-state index in [1.54, 1.807) is 0 Å². The summed E-state index contributed by atoms with van der Waals surface area (Å²) in [5.74, 6) is -0.262. The Bertz CT molecular complexity index is 898. The summed E-state index contributed by atoms with van der Waals surface area (Å²) in [6.07, 6.45) is 35.5. The number of nitrogens with one attached hydrogen (secondary N) is 1. The highest BCUT2D eigenvalue weighted by molar-refractivity contribution is 7.47. The molecule has 1 amide bonds. The van der Waals surface area contributed by atoms with Crippen molar-refractivity contribution >= 4 is 13.7 Å². The number of unbranched alkanes of at least 4 members (excludes halogenated alkanes) is 24. The molecule has 0 saturated carbocycles. The lowest BCUT2D eigenvalue weighted by molar-refractivity contribution is -0.870. The molecule has 0 aromatic heterocycles. The molecule has 0 aliphatic heterocycles. The fraction of sp³-hybridized carbons (Fsp3) is 0.930. The zero-order chi connectivity index (χ0) is 39.5. The van der Waals surface area contributed by atoms with Gasteiger partial charge < -0.3 is 24.9 Å². The van der Waals surface area contributed by atoms with Gasteiger partial charge in [0.15, 0.2) is 0 Å². The lowest BCUT2D eigenvalue weighted by Gasteiger charge is -2.28. The summed E-state index contributed by atoms with van der Waals surface area (Å²) in [6, 6.07) is -1.03. The van der Waals surface area contributed by atoms with Gasteiger partial charge in [0.2, 0.25) is 5.91 Å². The number of phosphoric acid groups is 1. The van der Waals surface area contributed by atoms with Crippen LogP contribution in [0.1, 0.15) is 200 Å². The predicted molar refractivity (Wildman–Crippen MR) is 223 cm³/mol. The maximum absolute atomic E-state index is 12.9. The molecule has 0 aliphatic carbocycles. The molecular formula is C43H88N2O7P+. The molecule has 0 aliphatic rings. The third-order valence-electron chi connectivity index (χ3n) is 10.1. The zero-order valence-corrected chi connectivity index (χ0v) is 36.3. The number of phosphoric ester groups is 1. The Labute approximate surface area is 327 Å². The summed E-state index contributed by atoms with van der Waals surface area (Å²) in [6.45, 7) is 4.59. The van der Waals surface area contributed by atoms with Gasteiger partial charge in [0.05, 0.1) is 39.9 Å². The molecular weight excluding hydrogens is 687 g/mol. The number of hydrogen-bond donors (Lipinski definition) is 4. The van der Waals surface area contributed by atoms with Gasteiger partial charge in [0.1, 0.15) is 19.3 Å². The van der Waals surface area contributed by atoms with Crippen LogP contribution in [-0.2, 0) is 18.4 Å². The number of hydrogen-bond acceptors (Lipinski definition) is 6. The second-order valence-electron chi connectivity index (χ2n) is 16.6. The minimum Gasteiger partial charge on any atom is -0.390 e. The second kappa shape index (κ2) is 35.6. The number of aliphatic hydroxyl groups excluding tert-OH is 2. The van der Waals surface area contributed by atoms with Crippen molar-refractivity contribution < 1.29 is 38.0 Å². The van der Waals surface area contributed by atoms with Crippen molar-refractivity contribution in [1.29, 1.82) is 0 Å². The quantitative estimate of drug-likeness (QED) is 0.0211. The van der Waals surface area contributed by atoms with Gasteiger partial charge in [-0.3, -0.25) is 13.8 Å². The molecule has 4 atom stereocenters. The van der Waals surface area contributed by atoms with Crippen molar-refractivity contribution in [3.05, 3.63) is 12.2 Å². The average Bonchev–Trinajstić information content (AvgIpc) is 3.10. The lowest BCUT2D eigenvalue weighted by atomic mass is 9.99. The van der Waals surface area contributed by atoms with Gasteiger partial charge in [0, 0.05) is 6.42 Å². The number of carbonyl (C=O) groups excluding carboxylic acids is 1. The standard InChI is InChI=1S/C43H87N2O7P/c1-6-8-10-12-14-16-18-20-21-22-23-24-26-28-30-32-34-36-42(47)44-40(39-52-53(49,50)51-38-37-45(3,4)5)43(48)41(46)35-33-31-29-27-25-19-17-15-13-11-9-7-2/h20-21,40-41,43,46,48H,6-19,22-39H2,1-5H3,(H-,44,47,49,50)/p+1/b21-20-. The van der Waals surface area contributed by atoms with Crippen LogP contribution < -0.4 is 5.32 Å². The van der Waals surface area contributed by atoms with Gasteiger partial charge in [-0.05, 0) is 38.5 Å². The Hall–Kier alpha value is -0.800. The molecule has 53 heavy (non-hydrogen) atoms. The minimum absolute atomic E-state index is 0.0226. The van der Waals surface area contributed by atoms with Crippen molar-refractivity contribution in [2.75, 3.05) is 40.9 Å². The van der Waals surface area contributed by atoms with Crippen molar-refractivity contribution in [3.8, 4) is 0 Å². The molecule has 4 N–H and O–H groups in total. The van der Waals surface area contributed by atoms with Gasteiger partial charge >= 0.3 is 7.82 Å². The molecule has 316 valence electrons. The highest BCUT2D eigenvalue weighted by Gasteiger charge is 2.31. The third kappa shape index (κ3) is 36.6. The Kier molecular flexibility index (Phi) is 35.1. The maximum atomic E-state index is 12.9. The van der Waals surface area contributed by atoms with E-state index in [9.17, 15) is 24.5 Å². The van der Waals surface area contributed by atoms with Gasteiger partial charge in [-0.15, -0.1) is 0 Å². The van der Waals surface area contributed by atoms with E-state index in [2.05, 4.69) is 31.3 Å². The molecule has 0 aromatic carbocycles. The number of amides is 1. The lowest BCUT2D eigenvalue weighted by Crippen LogP contribution is -2.51. The molecule has 0 saturated heterocycles. The van der Waals surface area contributed by atoms with Gasteiger partial charge in [-0.2, -0.15) is 0 Å². The van der Waals surface area contributed by atoms with Crippen LogP contribution in [-0.4, -0.2) is 84.6 Å². The molecule has 9 nitrogen and oxygen atoms in total. The van der Waals surface area contributed by atoms with Crippen LogP contribution >= 0.6 is 7.82 Å². The number of allylic oxidation sites excluding steroid dienone is 2. The molecule has 0 bridgehead atoms. The summed E-state index contributed by atoms with van der Waals surface area (Å²) in [5.41, 5.74) is 0. The van der Waals surface area contributed by atoms with E-state index in [0.29, 0.717) is 17.4 Å². The van der Waals surface area contributed by atoms with E-state index >= 15 is 0 Å². The van der Waals surface area contributed by atoms with Crippen molar-refractivity contribution in [2.45, 2.75) is 218 Å². The predicted octanol–water partition coefficient (Wildman–Crippen LogP) is 10.9. The first-order chi connectivity index (χ1) is 25.4. The van der Waals surface area contributed by atoms with E-state index in [-0.39, 0.29) is 18.9 Å². The van der Waals surface area contributed by atoms with Crippen LogP contribution in [0.15, 0.2) is 12.2 Å². The van der Waals surface area contributed by atoms with Crippen LogP contribution in [0, 0.1) is 0 Å². The molecule has 0 spiro atoms. The van der Waals surface area contributed by atoms with Gasteiger partial charge in [0.25, 0.3) is 0 Å². The first-order valence-corrected chi connectivity index (χ1v) is 23.6. The second-order valence-corrected chi connectivity index (χ2v) is 18.0. The Morgan fingerprint density at radius 1 is 0.642 bits per heavy atom. The van der Waals surface area contributed by atoms with E-state index < -0.39 is 32.7 Å². The molecule has 0 radical (unpaired) electrons. The fourth-order valence-electron chi connectivity index (χ4n) is 6.49. The van der Waals surface area contributed by atoms with Crippen LogP contribution in [0.4, 0.5) is 0 Å². The molecule has 0 aromatic rings. The zero-order valence-electron chi connectivity index (χ0n) is 35.4. The number of nitrogens with zero attached hydrogens (tertiary/aromatic N) is 1. The van der Waals surface area contributed by atoms with Crippen molar-refractivity contribution in [2.24, 2.45) is 0 Å². The number of likely N-dealkylation sites (N-methyl/N-ethyl adjacent to an activating group) is 1. The number of aliphatic hydroxyl groups is 2. The number of quaternary nitrogens is 1. The molecule has 4 unspecified atom stereocenters. The average molecular weight is 776 g/mol. The Morgan fingerprint density at radius 3 is 1.51 bits per heavy atom. The van der Waals surface area contributed by atoms with E-state index in [1.807, 2.05) is 21.1 Å². The highest BCUT2D eigenvalue weighted by Crippen LogP contribution is 2.43. The smallest absolute Gasteiger partial charge is 0.390 e. The highest BCUT2D eigenvalue weighted by atomic mass is 31.2. The first-order valence-electron chi connectivity index (χ1n) is 22.1. The van der Waals surface area contributed by atoms with E-state index in [1.165, 1.54) is 122 Å². The van der Waals surface area contributed by atoms with Crippen molar-refractivity contribution in [1.82, 2.24) is 5.32 Å². The molecule has 0 rings (SSSR count). The maximum Gasteiger partial charge on any atom is 0.472 e. The fourth-order valence-corrected chi connectivity index (χ4v) is 7.23. The topological polar surface area (TPSA) is 125 Å². The van der Waals surface area contributed by atoms with E-state index in [0.717, 1.165) is 51.4 Å². The summed E-state index contributed by atoms with van der Waals surface area (Å²) in [4.78, 5) is 23.1. The third-order valence-corrected chi connectivity index (χ3v) is 11.1. The van der Waals surface area contributed by atoms with Crippen molar-refractivity contribution in [3.63, 3.8) is 0 Å². The van der Waals surface area contributed by atoms with E-state index in [4.69, 9.17) is 9.05 Å². The summed E-state index contributed by atoms with van der Waals surface area (Å²) < 4.78 is 23.5. The summed E-state index contributed by atoms with van der Waals surface area (Å²) in [7, 11) is 1.44. The molecule has 0 heterocycles. The number of carbonyl (C=O) groups is 1. The van der Waals surface area contributed by atoms with Crippen LogP contribution in [0.3, 0.4) is 0 Å². The largest absolute Gasteiger partial charge is 0.472 e. The van der Waals surface area contributed by atoms with Crippen LogP contribution in [0.5, 0.6) is 0 Å². The van der Waals surface area contributed by atoms with Gasteiger partial charge in [-0.1, -0.05) is 167 Å². The Morgan fingerprint density at radius 2 is 1.06 bits per heavy atom.